The van der Waals surface area contributed by atoms with Crippen molar-refractivity contribution in [2.24, 2.45) is 0 Å². The number of hydrogen-bond acceptors (Lipinski definition) is 1. The van der Waals surface area contributed by atoms with E-state index in [-0.39, 0.29) is 11.9 Å². The molecule has 1 aromatic rings. The average molecular weight is 217 g/mol. The molecule has 0 aliphatic carbocycles. The lowest BCUT2D eigenvalue weighted by atomic mass is 10.1. The average Bonchev–Trinajstić information content (AvgIpc) is 2.08. The molecule has 0 aliphatic heterocycles. The smallest absolute Gasteiger partial charge is 0.124 e. The first-order chi connectivity index (χ1) is 6.59. The molecule has 0 saturated heterocycles. The predicted molar refractivity (Wildman–Crippen MR) is 56.0 cm³/mol. The molecule has 0 bridgehead atoms. The number of hydrogen-bond donors (Lipinski definition) is 1. The molecule has 0 heterocycles. The number of aryl methyl sites for hydroxylation is 1. The van der Waals surface area contributed by atoms with Gasteiger partial charge in [0.1, 0.15) is 5.82 Å². The minimum atomic E-state index is -0.311. The van der Waals surface area contributed by atoms with Gasteiger partial charge in [0.2, 0.25) is 0 Å². The van der Waals surface area contributed by atoms with Gasteiger partial charge in [-0.1, -0.05) is 17.7 Å². The molecule has 1 atom stereocenters. The van der Waals surface area contributed by atoms with Crippen molar-refractivity contribution >= 4 is 11.6 Å². The maximum atomic E-state index is 12.7. The van der Waals surface area contributed by atoms with Crippen molar-refractivity contribution in [2.45, 2.75) is 32.3 Å². The van der Waals surface area contributed by atoms with E-state index in [4.69, 9.17) is 16.7 Å². The molecule has 78 valence electrons. The molecule has 0 aliphatic rings. The van der Waals surface area contributed by atoms with E-state index in [0.717, 1.165) is 24.8 Å². The van der Waals surface area contributed by atoms with E-state index in [9.17, 15) is 4.39 Å². The van der Waals surface area contributed by atoms with E-state index in [1.54, 1.807) is 13.0 Å². The Morgan fingerprint density at radius 1 is 1.50 bits per heavy atom. The summed E-state index contributed by atoms with van der Waals surface area (Å²) in [5.41, 5.74) is 0.939. The van der Waals surface area contributed by atoms with Crippen LogP contribution in [0.5, 0.6) is 0 Å². The highest BCUT2D eigenvalue weighted by molar-refractivity contribution is 6.31. The molecular weight excluding hydrogens is 203 g/mol. The standard InChI is InChI=1S/C11H14ClFO/c1-8(14)3-2-4-9-5-6-10(13)7-11(9)12/h5-8,14H,2-4H2,1H3. The van der Waals surface area contributed by atoms with Crippen LogP contribution in [0.2, 0.25) is 5.02 Å². The predicted octanol–water partition coefficient (Wildman–Crippen LogP) is 3.18. The largest absolute Gasteiger partial charge is 0.393 e. The molecule has 1 N–H and O–H groups in total. The molecule has 0 amide bonds. The van der Waals surface area contributed by atoms with Crippen molar-refractivity contribution in [3.63, 3.8) is 0 Å². The molecule has 1 rings (SSSR count). The van der Waals surface area contributed by atoms with Crippen LogP contribution in [0.1, 0.15) is 25.3 Å². The molecule has 1 unspecified atom stereocenters. The van der Waals surface area contributed by atoms with Crippen molar-refractivity contribution in [3.8, 4) is 0 Å². The van der Waals surface area contributed by atoms with E-state index in [1.807, 2.05) is 0 Å². The minimum Gasteiger partial charge on any atom is -0.393 e. The highest BCUT2D eigenvalue weighted by atomic mass is 35.5. The van der Waals surface area contributed by atoms with Gasteiger partial charge in [-0.2, -0.15) is 0 Å². The van der Waals surface area contributed by atoms with Crippen LogP contribution in [0.4, 0.5) is 4.39 Å². The summed E-state index contributed by atoms with van der Waals surface area (Å²) in [6, 6.07) is 4.42. The first-order valence-corrected chi connectivity index (χ1v) is 5.09. The van der Waals surface area contributed by atoms with Crippen LogP contribution in [0.25, 0.3) is 0 Å². The van der Waals surface area contributed by atoms with Crippen molar-refractivity contribution in [1.29, 1.82) is 0 Å². The van der Waals surface area contributed by atoms with Crippen LogP contribution in [0.3, 0.4) is 0 Å². The van der Waals surface area contributed by atoms with E-state index in [0.29, 0.717) is 5.02 Å². The van der Waals surface area contributed by atoms with Gasteiger partial charge in [0, 0.05) is 5.02 Å². The quantitative estimate of drug-likeness (QED) is 0.820. The molecule has 0 fully saturated rings. The van der Waals surface area contributed by atoms with Gasteiger partial charge in [0.15, 0.2) is 0 Å². The van der Waals surface area contributed by atoms with E-state index in [1.165, 1.54) is 12.1 Å². The summed E-state index contributed by atoms with van der Waals surface area (Å²) in [5.74, 6) is -0.311. The van der Waals surface area contributed by atoms with Gasteiger partial charge in [-0.3, -0.25) is 0 Å². The number of aliphatic hydroxyl groups excluding tert-OH is 1. The van der Waals surface area contributed by atoms with E-state index in [2.05, 4.69) is 0 Å². The first-order valence-electron chi connectivity index (χ1n) is 4.71. The Balaban J connectivity index is 2.51. The lowest BCUT2D eigenvalue weighted by Crippen LogP contribution is -2.00. The second-order valence-corrected chi connectivity index (χ2v) is 3.88. The third-order valence-electron chi connectivity index (χ3n) is 2.08. The van der Waals surface area contributed by atoms with Crippen molar-refractivity contribution in [2.75, 3.05) is 0 Å². The zero-order valence-electron chi connectivity index (χ0n) is 8.13. The fourth-order valence-corrected chi connectivity index (χ4v) is 1.57. The van der Waals surface area contributed by atoms with E-state index >= 15 is 0 Å². The van der Waals surface area contributed by atoms with Crippen molar-refractivity contribution in [1.82, 2.24) is 0 Å². The van der Waals surface area contributed by atoms with Gasteiger partial charge in [-0.05, 0) is 43.9 Å². The first kappa shape index (κ1) is 11.5. The van der Waals surface area contributed by atoms with E-state index < -0.39 is 0 Å². The number of halogens is 2. The summed E-state index contributed by atoms with van der Waals surface area (Å²) in [6.07, 6.45) is 2.11. The summed E-state index contributed by atoms with van der Waals surface area (Å²) < 4.78 is 12.7. The Morgan fingerprint density at radius 3 is 2.79 bits per heavy atom. The molecule has 0 spiro atoms. The summed E-state index contributed by atoms with van der Waals surface area (Å²) in [5, 5.41) is 9.52. The maximum Gasteiger partial charge on any atom is 0.124 e. The van der Waals surface area contributed by atoms with Crippen LogP contribution in [0, 0.1) is 5.82 Å². The van der Waals surface area contributed by atoms with Crippen molar-refractivity contribution < 1.29 is 9.50 Å². The summed E-state index contributed by atoms with van der Waals surface area (Å²) in [7, 11) is 0. The third kappa shape index (κ3) is 3.64. The number of rotatable bonds is 4. The zero-order chi connectivity index (χ0) is 10.6. The molecule has 14 heavy (non-hydrogen) atoms. The summed E-state index contributed by atoms with van der Waals surface area (Å²) in [4.78, 5) is 0. The van der Waals surface area contributed by atoms with Gasteiger partial charge < -0.3 is 5.11 Å². The fourth-order valence-electron chi connectivity index (χ4n) is 1.31. The Morgan fingerprint density at radius 2 is 2.21 bits per heavy atom. The maximum absolute atomic E-state index is 12.7. The van der Waals surface area contributed by atoms with Crippen LogP contribution in [0.15, 0.2) is 18.2 Å². The van der Waals surface area contributed by atoms with Crippen molar-refractivity contribution in [3.05, 3.63) is 34.6 Å². The van der Waals surface area contributed by atoms with Crippen LogP contribution >= 0.6 is 11.6 Å². The molecule has 0 radical (unpaired) electrons. The Hall–Kier alpha value is -0.600. The summed E-state index contributed by atoms with van der Waals surface area (Å²) in [6.45, 7) is 1.76. The Labute approximate surface area is 88.5 Å². The monoisotopic (exact) mass is 216 g/mol. The van der Waals surface area contributed by atoms with Gasteiger partial charge in [0.05, 0.1) is 6.10 Å². The van der Waals surface area contributed by atoms with Gasteiger partial charge in [-0.25, -0.2) is 4.39 Å². The summed E-state index contributed by atoms with van der Waals surface area (Å²) >= 11 is 5.84. The van der Waals surface area contributed by atoms with Gasteiger partial charge in [0.25, 0.3) is 0 Å². The molecule has 1 aromatic carbocycles. The highest BCUT2D eigenvalue weighted by Gasteiger charge is 2.02. The third-order valence-corrected chi connectivity index (χ3v) is 2.43. The topological polar surface area (TPSA) is 20.2 Å². The second kappa shape index (κ2) is 5.32. The molecule has 1 nitrogen and oxygen atoms in total. The van der Waals surface area contributed by atoms with Gasteiger partial charge in [-0.15, -0.1) is 0 Å². The molecule has 0 aromatic heterocycles. The van der Waals surface area contributed by atoms with Gasteiger partial charge >= 0.3 is 0 Å². The Bertz CT molecular complexity index is 299. The lowest BCUT2D eigenvalue weighted by molar-refractivity contribution is 0.182. The highest BCUT2D eigenvalue weighted by Crippen LogP contribution is 2.19. The number of benzene rings is 1. The fraction of sp³-hybridized carbons (Fsp3) is 0.455. The SMILES string of the molecule is CC(O)CCCc1ccc(F)cc1Cl. The molecule has 3 heteroatoms. The van der Waals surface area contributed by atoms with Crippen LogP contribution < -0.4 is 0 Å². The zero-order valence-corrected chi connectivity index (χ0v) is 8.89. The molecular formula is C11H14ClFO. The molecule has 0 saturated carbocycles. The normalized spacial score (nSPS) is 12.9. The van der Waals surface area contributed by atoms with Crippen LogP contribution in [-0.2, 0) is 6.42 Å². The number of aliphatic hydroxyl groups is 1. The van der Waals surface area contributed by atoms with Crippen LogP contribution in [-0.4, -0.2) is 11.2 Å². The lowest BCUT2D eigenvalue weighted by Gasteiger charge is -2.05. The Kier molecular flexibility index (Phi) is 4.36. The second-order valence-electron chi connectivity index (χ2n) is 3.48. The minimum absolute atomic E-state index is 0.283.